The number of hydrogen-bond donors (Lipinski definition) is 3. The molecule has 0 fully saturated rings. The number of ether oxygens (including phenoxy) is 1. The third kappa shape index (κ3) is 3.03. The van der Waals surface area contributed by atoms with Crippen molar-refractivity contribution in [1.82, 2.24) is 24.9 Å². The van der Waals surface area contributed by atoms with Crippen LogP contribution in [0.15, 0.2) is 61.7 Å². The topological polar surface area (TPSA) is 109 Å². The van der Waals surface area contributed by atoms with Crippen molar-refractivity contribution in [3.8, 4) is 23.0 Å². The second-order valence-electron chi connectivity index (χ2n) is 5.37. The fourth-order valence-electron chi connectivity index (χ4n) is 2.47. The molecule has 1 amide bonds. The molecule has 0 aliphatic carbocycles. The number of imidazole rings is 1. The highest BCUT2D eigenvalue weighted by Gasteiger charge is 2.12. The van der Waals surface area contributed by atoms with Crippen molar-refractivity contribution in [3.63, 3.8) is 0 Å². The van der Waals surface area contributed by atoms with Crippen LogP contribution in [0.25, 0.3) is 22.6 Å². The van der Waals surface area contributed by atoms with Gasteiger partial charge in [-0.3, -0.25) is 4.79 Å². The van der Waals surface area contributed by atoms with Gasteiger partial charge in [0.2, 0.25) is 11.8 Å². The minimum Gasteiger partial charge on any atom is -0.437 e. The Balaban J connectivity index is 1.63. The summed E-state index contributed by atoms with van der Waals surface area (Å²) in [5, 5.41) is 2.68. The summed E-state index contributed by atoms with van der Waals surface area (Å²) in [4.78, 5) is 30.6. The maximum atomic E-state index is 11.4. The summed E-state index contributed by atoms with van der Waals surface area (Å²) in [7, 11) is 0. The number of carbonyl (C=O) groups is 1. The molecule has 128 valence electrons. The van der Waals surface area contributed by atoms with Crippen molar-refractivity contribution in [2.45, 2.75) is 0 Å². The maximum Gasteiger partial charge on any atom is 0.247 e. The van der Waals surface area contributed by atoms with E-state index in [1.54, 1.807) is 42.9 Å². The van der Waals surface area contributed by atoms with E-state index in [4.69, 9.17) is 4.74 Å². The molecule has 3 heterocycles. The van der Waals surface area contributed by atoms with Crippen molar-refractivity contribution in [2.75, 3.05) is 5.32 Å². The highest BCUT2D eigenvalue weighted by molar-refractivity contribution is 5.98. The number of anilines is 1. The fraction of sp³-hybridized carbons (Fsp3) is 0. The monoisotopic (exact) mass is 346 g/mol. The van der Waals surface area contributed by atoms with Crippen molar-refractivity contribution >= 4 is 22.8 Å². The van der Waals surface area contributed by atoms with Gasteiger partial charge in [0.25, 0.3) is 0 Å². The van der Waals surface area contributed by atoms with E-state index in [9.17, 15) is 4.79 Å². The van der Waals surface area contributed by atoms with Gasteiger partial charge in [-0.05, 0) is 18.2 Å². The van der Waals surface area contributed by atoms with E-state index in [-0.39, 0.29) is 5.91 Å². The predicted octanol–water partition coefficient (Wildman–Crippen LogP) is 3.26. The van der Waals surface area contributed by atoms with Crippen LogP contribution in [0.3, 0.4) is 0 Å². The molecule has 8 heteroatoms. The van der Waals surface area contributed by atoms with Crippen LogP contribution >= 0.6 is 0 Å². The summed E-state index contributed by atoms with van der Waals surface area (Å²) >= 11 is 0. The predicted molar refractivity (Wildman–Crippen MR) is 96.8 cm³/mol. The quantitative estimate of drug-likeness (QED) is 0.481. The fourth-order valence-corrected chi connectivity index (χ4v) is 2.47. The van der Waals surface area contributed by atoms with E-state index in [0.29, 0.717) is 34.3 Å². The van der Waals surface area contributed by atoms with Gasteiger partial charge in [0.15, 0.2) is 5.65 Å². The Morgan fingerprint density at radius 1 is 1.27 bits per heavy atom. The molecule has 0 radical (unpaired) electrons. The molecule has 26 heavy (non-hydrogen) atoms. The molecule has 0 unspecified atom stereocenters. The molecule has 4 aromatic rings. The molecular weight excluding hydrogens is 332 g/mol. The van der Waals surface area contributed by atoms with Crippen molar-refractivity contribution in [3.05, 3.63) is 61.7 Å². The first kappa shape index (κ1) is 15.6. The number of carbonyl (C=O) groups excluding carboxylic acids is 1. The molecule has 4 rings (SSSR count). The van der Waals surface area contributed by atoms with Crippen LogP contribution in [0.2, 0.25) is 0 Å². The van der Waals surface area contributed by atoms with Gasteiger partial charge in [-0.1, -0.05) is 12.6 Å². The summed E-state index contributed by atoms with van der Waals surface area (Å²) in [5.41, 5.74) is 2.68. The Morgan fingerprint density at radius 3 is 3.00 bits per heavy atom. The van der Waals surface area contributed by atoms with E-state index in [0.717, 1.165) is 5.56 Å². The number of hydrogen-bond acceptors (Lipinski definition) is 5. The van der Waals surface area contributed by atoms with Crippen LogP contribution in [-0.4, -0.2) is 30.8 Å². The van der Waals surface area contributed by atoms with Gasteiger partial charge in [0.1, 0.15) is 17.1 Å². The van der Waals surface area contributed by atoms with E-state index in [1.807, 2.05) is 0 Å². The van der Waals surface area contributed by atoms with Crippen LogP contribution in [-0.2, 0) is 4.79 Å². The van der Waals surface area contributed by atoms with Crippen LogP contribution in [0.5, 0.6) is 11.6 Å². The maximum absolute atomic E-state index is 11.4. The number of nitrogens with zero attached hydrogens (tertiary/aromatic N) is 3. The molecule has 8 nitrogen and oxygen atoms in total. The molecule has 0 aliphatic rings. The summed E-state index contributed by atoms with van der Waals surface area (Å²) in [6.45, 7) is 3.43. The average molecular weight is 346 g/mol. The zero-order chi connectivity index (χ0) is 17.9. The van der Waals surface area contributed by atoms with Crippen LogP contribution < -0.4 is 10.1 Å². The third-order valence-electron chi connectivity index (χ3n) is 3.62. The zero-order valence-electron chi connectivity index (χ0n) is 13.6. The number of amides is 1. The van der Waals surface area contributed by atoms with Crippen molar-refractivity contribution < 1.29 is 9.53 Å². The molecule has 0 aliphatic heterocycles. The van der Waals surface area contributed by atoms with Gasteiger partial charge in [-0.2, -0.15) is 0 Å². The van der Waals surface area contributed by atoms with Gasteiger partial charge in [0, 0.05) is 30.3 Å². The van der Waals surface area contributed by atoms with E-state index in [1.165, 1.54) is 12.3 Å². The largest absolute Gasteiger partial charge is 0.437 e. The Labute approximate surface area is 148 Å². The molecule has 0 spiro atoms. The van der Waals surface area contributed by atoms with Crippen LogP contribution in [0.1, 0.15) is 0 Å². The number of rotatable bonds is 5. The molecule has 0 saturated heterocycles. The number of aromatic nitrogens is 5. The van der Waals surface area contributed by atoms with E-state index in [2.05, 4.69) is 36.8 Å². The first-order valence-electron chi connectivity index (χ1n) is 7.78. The lowest BCUT2D eigenvalue weighted by atomic mass is 10.3. The third-order valence-corrected chi connectivity index (χ3v) is 3.62. The highest BCUT2D eigenvalue weighted by Crippen LogP contribution is 2.27. The van der Waals surface area contributed by atoms with Gasteiger partial charge in [-0.25, -0.2) is 15.0 Å². The second-order valence-corrected chi connectivity index (χ2v) is 5.37. The number of benzene rings is 1. The Bertz CT molecular complexity index is 1080. The zero-order valence-corrected chi connectivity index (χ0v) is 13.6. The molecule has 3 N–H and O–H groups in total. The number of H-pyrrole nitrogens is 2. The number of aromatic amines is 2. The first-order valence-corrected chi connectivity index (χ1v) is 7.78. The first-order chi connectivity index (χ1) is 12.7. The van der Waals surface area contributed by atoms with Crippen molar-refractivity contribution in [1.29, 1.82) is 0 Å². The van der Waals surface area contributed by atoms with Gasteiger partial charge < -0.3 is 20.0 Å². The lowest BCUT2D eigenvalue weighted by Gasteiger charge is -2.07. The Hall–Kier alpha value is -3.94. The van der Waals surface area contributed by atoms with Gasteiger partial charge in [-0.15, -0.1) is 0 Å². The molecule has 0 atom stereocenters. The van der Waals surface area contributed by atoms with Crippen LogP contribution in [0, 0.1) is 0 Å². The molecule has 0 saturated carbocycles. The summed E-state index contributed by atoms with van der Waals surface area (Å²) < 4.78 is 5.79. The standard InChI is InChI=1S/C18H14N6O2/c1-2-14(25)23-11-4-3-5-12(8-11)26-15-10-22-18-16(24-15)13(9-21-18)17-19-6-7-20-17/h2-10H,1H2,(H,19,20)(H,21,22)(H,23,25). The normalized spacial score (nSPS) is 10.6. The summed E-state index contributed by atoms with van der Waals surface area (Å²) in [6, 6.07) is 6.98. The summed E-state index contributed by atoms with van der Waals surface area (Å²) in [6.07, 6.45) is 7.93. The van der Waals surface area contributed by atoms with Gasteiger partial charge in [0.05, 0.1) is 11.8 Å². The lowest BCUT2D eigenvalue weighted by molar-refractivity contribution is -0.111. The Morgan fingerprint density at radius 2 is 2.19 bits per heavy atom. The van der Waals surface area contributed by atoms with Gasteiger partial charge >= 0.3 is 0 Å². The van der Waals surface area contributed by atoms with E-state index >= 15 is 0 Å². The summed E-state index contributed by atoms with van der Waals surface area (Å²) in [5.74, 6) is 1.25. The molecule has 3 aromatic heterocycles. The minimum absolute atomic E-state index is 0.293. The Kier molecular flexibility index (Phi) is 3.91. The number of fused-ring (bicyclic) bond motifs is 1. The second kappa shape index (κ2) is 6.52. The van der Waals surface area contributed by atoms with Crippen LogP contribution in [0.4, 0.5) is 5.69 Å². The molecular formula is C18H14N6O2. The minimum atomic E-state index is -0.293. The lowest BCUT2D eigenvalue weighted by Crippen LogP contribution is -2.07. The number of nitrogens with one attached hydrogen (secondary N) is 3. The highest BCUT2D eigenvalue weighted by atomic mass is 16.5. The molecule has 0 bridgehead atoms. The molecule has 1 aromatic carbocycles. The smallest absolute Gasteiger partial charge is 0.247 e. The SMILES string of the molecule is C=CC(=O)Nc1cccc(Oc2cnc3[nH]cc(-c4ncc[nH]4)c3n2)c1. The average Bonchev–Trinajstić information content (AvgIpc) is 3.31. The van der Waals surface area contributed by atoms with Crippen molar-refractivity contribution in [2.24, 2.45) is 0 Å². The van der Waals surface area contributed by atoms with E-state index < -0.39 is 0 Å².